The molecular weight excluding hydrogens is 290 g/mol. The molecule has 1 amide bonds. The van der Waals surface area contributed by atoms with Gasteiger partial charge < -0.3 is 16.2 Å². The summed E-state index contributed by atoms with van der Waals surface area (Å²) in [5.41, 5.74) is 6.88. The number of likely N-dealkylation sites (tertiary alicyclic amines) is 1. The van der Waals surface area contributed by atoms with Crippen molar-refractivity contribution in [2.45, 2.75) is 25.8 Å². The Bertz CT molecular complexity index is 502. The van der Waals surface area contributed by atoms with Crippen LogP contribution in [0.1, 0.15) is 19.8 Å². The molecule has 2 rings (SSSR count). The maximum atomic E-state index is 12.3. The van der Waals surface area contributed by atoms with E-state index in [9.17, 15) is 4.79 Å². The first-order valence-corrected chi connectivity index (χ1v) is 7.60. The Kier molecular flexibility index (Phi) is 5.45. The highest BCUT2D eigenvalue weighted by atomic mass is 35.5. The molecule has 1 aliphatic rings. The van der Waals surface area contributed by atoms with Crippen molar-refractivity contribution in [1.29, 1.82) is 0 Å². The van der Waals surface area contributed by atoms with Crippen molar-refractivity contribution < 1.29 is 9.90 Å². The van der Waals surface area contributed by atoms with Gasteiger partial charge in [0.2, 0.25) is 5.91 Å². The van der Waals surface area contributed by atoms with Crippen molar-refractivity contribution >= 4 is 28.9 Å². The lowest BCUT2D eigenvalue weighted by molar-refractivity contribution is -0.121. The van der Waals surface area contributed by atoms with Gasteiger partial charge in [0.05, 0.1) is 17.4 Å². The van der Waals surface area contributed by atoms with E-state index >= 15 is 0 Å². The average molecular weight is 312 g/mol. The molecule has 0 bridgehead atoms. The van der Waals surface area contributed by atoms with Gasteiger partial charge >= 0.3 is 0 Å². The number of halogens is 1. The molecule has 5 nitrogen and oxygen atoms in total. The molecule has 1 aliphatic heterocycles. The molecule has 0 spiro atoms. The van der Waals surface area contributed by atoms with Crippen molar-refractivity contribution in [1.82, 2.24) is 4.90 Å². The van der Waals surface area contributed by atoms with Crippen LogP contribution < -0.4 is 11.1 Å². The maximum absolute atomic E-state index is 12.3. The fourth-order valence-electron chi connectivity index (χ4n) is 2.56. The molecule has 1 aromatic rings. The number of piperidine rings is 1. The lowest BCUT2D eigenvalue weighted by Crippen LogP contribution is -2.46. The number of hydrogen-bond acceptors (Lipinski definition) is 4. The minimum absolute atomic E-state index is 0.0913. The number of rotatable bonds is 4. The zero-order valence-electron chi connectivity index (χ0n) is 12.2. The molecule has 4 N–H and O–H groups in total. The molecule has 21 heavy (non-hydrogen) atoms. The summed E-state index contributed by atoms with van der Waals surface area (Å²) in [7, 11) is 0. The molecule has 0 radical (unpaired) electrons. The van der Waals surface area contributed by atoms with Crippen molar-refractivity contribution in [2.24, 2.45) is 5.92 Å². The lowest BCUT2D eigenvalue weighted by Gasteiger charge is -2.34. The Morgan fingerprint density at radius 2 is 2.19 bits per heavy atom. The Morgan fingerprint density at radius 1 is 1.52 bits per heavy atom. The average Bonchev–Trinajstić information content (AvgIpc) is 2.50. The van der Waals surface area contributed by atoms with Crippen LogP contribution in [0.2, 0.25) is 5.02 Å². The Morgan fingerprint density at radius 3 is 2.81 bits per heavy atom. The van der Waals surface area contributed by atoms with E-state index in [0.29, 0.717) is 22.3 Å². The fraction of sp³-hybridized carbons (Fsp3) is 0.533. The van der Waals surface area contributed by atoms with E-state index in [1.54, 1.807) is 18.2 Å². The smallest absolute Gasteiger partial charge is 0.241 e. The number of nitrogens with one attached hydrogen (secondary N) is 1. The fourth-order valence-corrected chi connectivity index (χ4v) is 2.73. The summed E-state index contributed by atoms with van der Waals surface area (Å²) >= 11 is 5.92. The zero-order chi connectivity index (χ0) is 15.4. The van der Waals surface area contributed by atoms with Gasteiger partial charge in [0.1, 0.15) is 0 Å². The van der Waals surface area contributed by atoms with Gasteiger partial charge in [0, 0.05) is 11.6 Å². The summed E-state index contributed by atoms with van der Waals surface area (Å²) in [5, 5.41) is 12.5. The predicted octanol–water partition coefficient (Wildman–Crippen LogP) is 1.95. The number of nitrogen functional groups attached to an aromatic ring is 1. The maximum Gasteiger partial charge on any atom is 0.241 e. The summed E-state index contributed by atoms with van der Waals surface area (Å²) in [5.74, 6) is 0.270. The van der Waals surface area contributed by atoms with Gasteiger partial charge in [-0.25, -0.2) is 0 Å². The van der Waals surface area contributed by atoms with E-state index in [2.05, 4.69) is 10.2 Å². The number of hydrogen-bond donors (Lipinski definition) is 3. The van der Waals surface area contributed by atoms with E-state index in [1.165, 1.54) is 0 Å². The standard InChI is InChI=1S/C15H22ClN3O2/c1-10(19-6-4-11(9-20)5-7-19)15(21)18-14-8-12(16)2-3-13(14)17/h2-3,8,10-11,20H,4-7,9,17H2,1H3,(H,18,21). The summed E-state index contributed by atoms with van der Waals surface area (Å²) in [4.78, 5) is 14.5. The highest BCUT2D eigenvalue weighted by Crippen LogP contribution is 2.24. The molecule has 1 unspecified atom stereocenters. The molecule has 0 aromatic heterocycles. The van der Waals surface area contributed by atoms with Crippen molar-refractivity contribution in [2.75, 3.05) is 30.7 Å². The van der Waals surface area contributed by atoms with Gasteiger partial charge in [-0.15, -0.1) is 0 Å². The van der Waals surface area contributed by atoms with E-state index < -0.39 is 0 Å². The van der Waals surface area contributed by atoms with Crippen molar-refractivity contribution in [3.8, 4) is 0 Å². The van der Waals surface area contributed by atoms with E-state index in [0.717, 1.165) is 25.9 Å². The van der Waals surface area contributed by atoms with Crippen LogP contribution in [-0.4, -0.2) is 41.7 Å². The molecular formula is C15H22ClN3O2. The topological polar surface area (TPSA) is 78.6 Å². The minimum Gasteiger partial charge on any atom is -0.397 e. The second kappa shape index (κ2) is 7.11. The molecule has 1 fully saturated rings. The van der Waals surface area contributed by atoms with Crippen LogP contribution >= 0.6 is 11.6 Å². The van der Waals surface area contributed by atoms with E-state index in [4.69, 9.17) is 22.4 Å². The Hall–Kier alpha value is -1.30. The SMILES string of the molecule is CC(C(=O)Nc1cc(Cl)ccc1N)N1CCC(CO)CC1. The largest absolute Gasteiger partial charge is 0.397 e. The molecule has 1 heterocycles. The summed E-state index contributed by atoms with van der Waals surface area (Å²) < 4.78 is 0. The molecule has 1 saturated heterocycles. The van der Waals surface area contributed by atoms with Crippen molar-refractivity contribution in [3.05, 3.63) is 23.2 Å². The summed E-state index contributed by atoms with van der Waals surface area (Å²) in [6.07, 6.45) is 1.85. The highest BCUT2D eigenvalue weighted by molar-refractivity contribution is 6.31. The summed E-state index contributed by atoms with van der Waals surface area (Å²) in [6, 6.07) is 4.79. The number of nitrogens with zero attached hydrogens (tertiary/aromatic N) is 1. The van der Waals surface area contributed by atoms with Crippen molar-refractivity contribution in [3.63, 3.8) is 0 Å². The number of benzene rings is 1. The van der Waals surface area contributed by atoms with Gasteiger partial charge in [-0.2, -0.15) is 0 Å². The molecule has 6 heteroatoms. The van der Waals surface area contributed by atoms with Gasteiger partial charge in [0.15, 0.2) is 0 Å². The molecule has 0 saturated carbocycles. The highest BCUT2D eigenvalue weighted by Gasteiger charge is 2.26. The normalized spacial score (nSPS) is 18.4. The summed E-state index contributed by atoms with van der Waals surface area (Å²) in [6.45, 7) is 3.76. The van der Waals surface area contributed by atoms with Gasteiger partial charge in [-0.3, -0.25) is 9.69 Å². The number of aliphatic hydroxyl groups is 1. The zero-order valence-corrected chi connectivity index (χ0v) is 12.9. The predicted molar refractivity (Wildman–Crippen MR) is 85.3 cm³/mol. The molecule has 116 valence electrons. The third kappa shape index (κ3) is 4.09. The first kappa shape index (κ1) is 16.1. The van der Waals surface area contributed by atoms with Crippen LogP contribution in [0.5, 0.6) is 0 Å². The quantitative estimate of drug-likeness (QED) is 0.743. The second-order valence-corrected chi connectivity index (χ2v) is 6.00. The van der Waals surface area contributed by atoms with E-state index in [-0.39, 0.29) is 18.6 Å². The molecule has 0 aliphatic carbocycles. The minimum atomic E-state index is -0.233. The van der Waals surface area contributed by atoms with Crippen LogP contribution in [0, 0.1) is 5.92 Å². The monoisotopic (exact) mass is 311 g/mol. The van der Waals surface area contributed by atoms with Crippen LogP contribution in [0.25, 0.3) is 0 Å². The Labute approximate surface area is 130 Å². The number of amides is 1. The van der Waals surface area contributed by atoms with Gasteiger partial charge in [-0.1, -0.05) is 11.6 Å². The van der Waals surface area contributed by atoms with Gasteiger partial charge in [0.25, 0.3) is 0 Å². The number of carbonyl (C=O) groups is 1. The first-order valence-electron chi connectivity index (χ1n) is 7.22. The second-order valence-electron chi connectivity index (χ2n) is 5.56. The van der Waals surface area contributed by atoms with Crippen LogP contribution in [0.4, 0.5) is 11.4 Å². The first-order chi connectivity index (χ1) is 10.0. The third-order valence-corrected chi connectivity index (χ3v) is 4.34. The van der Waals surface area contributed by atoms with Crippen LogP contribution in [0.15, 0.2) is 18.2 Å². The van der Waals surface area contributed by atoms with Gasteiger partial charge in [-0.05, 0) is 57.0 Å². The number of aliphatic hydroxyl groups excluding tert-OH is 1. The number of carbonyl (C=O) groups excluding carboxylic acids is 1. The third-order valence-electron chi connectivity index (χ3n) is 4.11. The van der Waals surface area contributed by atoms with E-state index in [1.807, 2.05) is 6.92 Å². The molecule has 1 aromatic carbocycles. The Balaban J connectivity index is 1.95. The van der Waals surface area contributed by atoms with Crippen LogP contribution in [0.3, 0.4) is 0 Å². The van der Waals surface area contributed by atoms with Crippen LogP contribution in [-0.2, 0) is 4.79 Å². The molecule has 1 atom stereocenters. The lowest BCUT2D eigenvalue weighted by atomic mass is 9.97. The number of anilines is 2. The number of nitrogens with two attached hydrogens (primary N) is 1.